The number of hydrogen-bond donors (Lipinski definition) is 1. The van der Waals surface area contributed by atoms with Crippen LogP contribution >= 0.6 is 11.6 Å². The Morgan fingerprint density at radius 1 is 1.41 bits per heavy atom. The van der Waals surface area contributed by atoms with Gasteiger partial charge in [0.15, 0.2) is 0 Å². The van der Waals surface area contributed by atoms with E-state index in [0.29, 0.717) is 5.88 Å². The Balaban J connectivity index is 2.18. The molecular formula is C14H18ClNO. The molecular weight excluding hydrogens is 234 g/mol. The van der Waals surface area contributed by atoms with Crippen LogP contribution in [0.25, 0.3) is 0 Å². The number of carbonyl (C=O) groups excluding carboxylic acids is 1. The number of alkyl halides is 1. The minimum atomic E-state index is -0.142. The Kier molecular flexibility index (Phi) is 4.06. The van der Waals surface area contributed by atoms with E-state index in [4.69, 9.17) is 11.6 Å². The first kappa shape index (κ1) is 12.4. The van der Waals surface area contributed by atoms with E-state index in [-0.39, 0.29) is 11.8 Å². The molecule has 0 heterocycles. The van der Waals surface area contributed by atoms with Gasteiger partial charge >= 0.3 is 0 Å². The molecule has 0 bridgehead atoms. The summed E-state index contributed by atoms with van der Waals surface area (Å²) in [6, 6.07) is 6.17. The van der Waals surface area contributed by atoms with Crippen LogP contribution in [0.2, 0.25) is 0 Å². The Bertz CT molecular complexity index is 417. The number of hydrogen-bond acceptors (Lipinski definition) is 1. The number of nitrogens with one attached hydrogen (secondary N) is 1. The highest BCUT2D eigenvalue weighted by atomic mass is 35.5. The van der Waals surface area contributed by atoms with Crippen LogP contribution in [-0.4, -0.2) is 11.8 Å². The molecule has 2 nitrogen and oxygen atoms in total. The van der Waals surface area contributed by atoms with Crippen LogP contribution in [0.3, 0.4) is 0 Å². The third-order valence-electron chi connectivity index (χ3n) is 3.33. The molecule has 17 heavy (non-hydrogen) atoms. The van der Waals surface area contributed by atoms with E-state index in [1.165, 1.54) is 24.0 Å². The zero-order chi connectivity index (χ0) is 12.3. The first-order valence-corrected chi connectivity index (χ1v) is 6.73. The van der Waals surface area contributed by atoms with Crippen LogP contribution in [-0.2, 0) is 17.6 Å². The lowest BCUT2D eigenvalue weighted by atomic mass is 9.90. The lowest BCUT2D eigenvalue weighted by Crippen LogP contribution is -2.22. The van der Waals surface area contributed by atoms with Crippen molar-refractivity contribution in [1.29, 1.82) is 0 Å². The molecule has 1 N–H and O–H groups in total. The van der Waals surface area contributed by atoms with Gasteiger partial charge in [0, 0.05) is 17.5 Å². The highest BCUT2D eigenvalue weighted by Gasteiger charge is 2.16. The van der Waals surface area contributed by atoms with Gasteiger partial charge in [-0.3, -0.25) is 4.79 Å². The second-order valence-electron chi connectivity index (χ2n) is 4.69. The second kappa shape index (κ2) is 5.54. The Morgan fingerprint density at radius 2 is 2.18 bits per heavy atom. The number of anilines is 1. The summed E-state index contributed by atoms with van der Waals surface area (Å²) in [5, 5.41) is 3.00. The Labute approximate surface area is 107 Å². The van der Waals surface area contributed by atoms with Gasteiger partial charge in [0.25, 0.3) is 0 Å². The third kappa shape index (κ3) is 2.81. The van der Waals surface area contributed by atoms with Crippen molar-refractivity contribution < 1.29 is 4.79 Å². The molecule has 1 aromatic carbocycles. The van der Waals surface area contributed by atoms with E-state index >= 15 is 0 Å². The maximum atomic E-state index is 11.8. The fourth-order valence-corrected chi connectivity index (χ4v) is 2.36. The Hall–Kier alpha value is -1.02. The average molecular weight is 252 g/mol. The smallest absolute Gasteiger partial charge is 0.228 e. The topological polar surface area (TPSA) is 29.1 Å². The fraction of sp³-hybridized carbons (Fsp3) is 0.500. The molecule has 2 rings (SSSR count). The van der Waals surface area contributed by atoms with Gasteiger partial charge in [0.2, 0.25) is 5.91 Å². The summed E-state index contributed by atoms with van der Waals surface area (Å²) in [4.78, 5) is 11.8. The fourth-order valence-electron chi connectivity index (χ4n) is 2.22. The van der Waals surface area contributed by atoms with Gasteiger partial charge in [-0.1, -0.05) is 19.1 Å². The molecule has 1 aliphatic carbocycles. The van der Waals surface area contributed by atoms with Gasteiger partial charge in [-0.25, -0.2) is 0 Å². The van der Waals surface area contributed by atoms with Gasteiger partial charge in [0.1, 0.15) is 0 Å². The second-order valence-corrected chi connectivity index (χ2v) is 5.00. The van der Waals surface area contributed by atoms with Gasteiger partial charge in [0.05, 0.1) is 0 Å². The van der Waals surface area contributed by atoms with Gasteiger partial charge in [-0.2, -0.15) is 0 Å². The third-order valence-corrected chi connectivity index (χ3v) is 3.80. The number of carbonyl (C=O) groups is 1. The zero-order valence-electron chi connectivity index (χ0n) is 10.1. The average Bonchev–Trinajstić information content (AvgIpc) is 2.38. The van der Waals surface area contributed by atoms with Crippen molar-refractivity contribution in [3.05, 3.63) is 29.3 Å². The number of rotatable bonds is 3. The van der Waals surface area contributed by atoms with Crippen LogP contribution in [0.15, 0.2) is 18.2 Å². The van der Waals surface area contributed by atoms with Crippen LogP contribution in [0.5, 0.6) is 0 Å². The van der Waals surface area contributed by atoms with Gasteiger partial charge in [-0.05, 0) is 42.9 Å². The normalized spacial score (nSPS) is 16.1. The number of amides is 1. The first-order valence-electron chi connectivity index (χ1n) is 6.20. The molecule has 0 aromatic heterocycles. The SMILES string of the molecule is CC(CCl)C(=O)Nc1cccc2c1CCCC2. The van der Waals surface area contributed by atoms with E-state index in [1.54, 1.807) is 0 Å². The molecule has 0 spiro atoms. The summed E-state index contributed by atoms with van der Waals surface area (Å²) in [5.74, 6) is 0.232. The Morgan fingerprint density at radius 3 is 2.94 bits per heavy atom. The van der Waals surface area contributed by atoms with Crippen molar-refractivity contribution in [2.45, 2.75) is 32.6 Å². The summed E-state index contributed by atoms with van der Waals surface area (Å²) < 4.78 is 0. The quantitative estimate of drug-likeness (QED) is 0.820. The van der Waals surface area contributed by atoms with Crippen molar-refractivity contribution in [2.24, 2.45) is 5.92 Å². The van der Waals surface area contributed by atoms with E-state index in [2.05, 4.69) is 11.4 Å². The largest absolute Gasteiger partial charge is 0.326 e. The molecule has 0 aliphatic heterocycles. The van der Waals surface area contributed by atoms with Crippen molar-refractivity contribution in [3.8, 4) is 0 Å². The van der Waals surface area contributed by atoms with Crippen molar-refractivity contribution in [3.63, 3.8) is 0 Å². The van der Waals surface area contributed by atoms with Crippen LogP contribution < -0.4 is 5.32 Å². The van der Waals surface area contributed by atoms with Crippen molar-refractivity contribution >= 4 is 23.2 Å². The molecule has 0 fully saturated rings. The first-order chi connectivity index (χ1) is 8.22. The molecule has 0 radical (unpaired) electrons. The lowest BCUT2D eigenvalue weighted by molar-refractivity contribution is -0.118. The minimum Gasteiger partial charge on any atom is -0.326 e. The van der Waals surface area contributed by atoms with Gasteiger partial charge in [-0.15, -0.1) is 11.6 Å². The number of halogens is 1. The molecule has 1 atom stereocenters. The standard InChI is InChI=1S/C14H18ClNO/c1-10(9-15)14(17)16-13-8-4-6-11-5-2-3-7-12(11)13/h4,6,8,10H,2-3,5,7,9H2,1H3,(H,16,17). The lowest BCUT2D eigenvalue weighted by Gasteiger charge is -2.20. The molecule has 92 valence electrons. The number of benzene rings is 1. The highest BCUT2D eigenvalue weighted by Crippen LogP contribution is 2.28. The molecule has 1 unspecified atom stereocenters. The molecule has 1 amide bonds. The monoisotopic (exact) mass is 251 g/mol. The molecule has 1 aromatic rings. The van der Waals surface area contributed by atoms with Crippen LogP contribution in [0, 0.1) is 5.92 Å². The molecule has 0 saturated heterocycles. The minimum absolute atomic E-state index is 0.0129. The zero-order valence-corrected chi connectivity index (χ0v) is 10.9. The highest BCUT2D eigenvalue weighted by molar-refractivity contribution is 6.19. The van der Waals surface area contributed by atoms with E-state index < -0.39 is 0 Å². The summed E-state index contributed by atoms with van der Waals surface area (Å²) in [7, 11) is 0. The number of aryl methyl sites for hydroxylation is 1. The summed E-state index contributed by atoms with van der Waals surface area (Å²) in [6.45, 7) is 1.84. The molecule has 3 heteroatoms. The van der Waals surface area contributed by atoms with Crippen LogP contribution in [0.1, 0.15) is 30.9 Å². The van der Waals surface area contributed by atoms with E-state index in [0.717, 1.165) is 18.5 Å². The van der Waals surface area contributed by atoms with Crippen molar-refractivity contribution in [1.82, 2.24) is 0 Å². The van der Waals surface area contributed by atoms with Crippen molar-refractivity contribution in [2.75, 3.05) is 11.2 Å². The maximum Gasteiger partial charge on any atom is 0.228 e. The van der Waals surface area contributed by atoms with E-state index in [1.807, 2.05) is 19.1 Å². The predicted molar refractivity (Wildman–Crippen MR) is 71.6 cm³/mol. The summed E-state index contributed by atoms with van der Waals surface area (Å²) in [5.41, 5.74) is 3.67. The molecule has 0 saturated carbocycles. The summed E-state index contributed by atoms with van der Waals surface area (Å²) in [6.07, 6.45) is 4.67. The maximum absolute atomic E-state index is 11.8. The summed E-state index contributed by atoms with van der Waals surface area (Å²) >= 11 is 5.70. The van der Waals surface area contributed by atoms with Gasteiger partial charge < -0.3 is 5.32 Å². The number of fused-ring (bicyclic) bond motifs is 1. The van der Waals surface area contributed by atoms with Crippen LogP contribution in [0.4, 0.5) is 5.69 Å². The van der Waals surface area contributed by atoms with E-state index in [9.17, 15) is 4.79 Å². The molecule has 1 aliphatic rings. The predicted octanol–water partition coefficient (Wildman–Crippen LogP) is 3.38.